The highest BCUT2D eigenvalue weighted by Crippen LogP contribution is 2.33. The summed E-state index contributed by atoms with van der Waals surface area (Å²) < 4.78 is 32.5. The van der Waals surface area contributed by atoms with E-state index < -0.39 is 9.84 Å². The molecule has 0 atom stereocenters. The van der Waals surface area contributed by atoms with E-state index >= 15 is 0 Å². The average molecular weight is 322 g/mol. The number of sulfone groups is 1. The zero-order valence-corrected chi connectivity index (χ0v) is 13.4. The summed E-state index contributed by atoms with van der Waals surface area (Å²) in [6, 6.07) is 7.42. The van der Waals surface area contributed by atoms with Crippen LogP contribution in [0, 0.1) is 0 Å². The molecule has 0 amide bonds. The number of rotatable bonds is 4. The minimum Gasteiger partial charge on any atom is -0.223 e. The molecular formula is C15H18N2O2S2. The molecule has 0 N–H and O–H groups in total. The van der Waals surface area contributed by atoms with Crippen LogP contribution in [0.4, 0.5) is 0 Å². The molecule has 1 heterocycles. The Kier molecular flexibility index (Phi) is 4.35. The Labute approximate surface area is 129 Å². The molecule has 0 aliphatic heterocycles. The fourth-order valence-electron chi connectivity index (χ4n) is 2.91. The lowest BCUT2D eigenvalue weighted by molar-refractivity contribution is 0.443. The van der Waals surface area contributed by atoms with Crippen LogP contribution >= 0.6 is 11.7 Å². The Hall–Kier alpha value is -1.27. The molecule has 21 heavy (non-hydrogen) atoms. The number of benzene rings is 1. The third-order valence-electron chi connectivity index (χ3n) is 4.06. The fourth-order valence-corrected chi connectivity index (χ4v) is 4.67. The molecule has 3 rings (SSSR count). The van der Waals surface area contributed by atoms with E-state index in [4.69, 9.17) is 0 Å². The summed E-state index contributed by atoms with van der Waals surface area (Å²) in [6.45, 7) is 0. The van der Waals surface area contributed by atoms with Crippen molar-refractivity contribution in [2.45, 2.75) is 48.7 Å². The second-order valence-corrected chi connectivity index (χ2v) is 8.11. The zero-order valence-electron chi connectivity index (χ0n) is 11.7. The zero-order chi connectivity index (χ0) is 14.7. The van der Waals surface area contributed by atoms with Crippen LogP contribution in [-0.2, 0) is 15.6 Å². The van der Waals surface area contributed by atoms with E-state index in [1.54, 1.807) is 12.1 Å². The summed E-state index contributed by atoms with van der Waals surface area (Å²) in [5.74, 6) is 0.518. The quantitative estimate of drug-likeness (QED) is 0.863. The highest BCUT2D eigenvalue weighted by molar-refractivity contribution is 7.90. The highest BCUT2D eigenvalue weighted by atomic mass is 32.2. The molecule has 0 spiro atoms. The largest absolute Gasteiger partial charge is 0.223 e. The fraction of sp³-hybridized carbons (Fsp3) is 0.467. The van der Waals surface area contributed by atoms with Crippen molar-refractivity contribution in [3.63, 3.8) is 0 Å². The van der Waals surface area contributed by atoms with E-state index in [0.717, 1.165) is 11.7 Å². The first kappa shape index (κ1) is 14.7. The van der Waals surface area contributed by atoms with Gasteiger partial charge in [0.25, 0.3) is 0 Å². The average Bonchev–Trinajstić information content (AvgIpc) is 3.00. The molecule has 1 aromatic heterocycles. The number of hydrogen-bond acceptors (Lipinski definition) is 5. The molecule has 0 saturated heterocycles. The Balaban J connectivity index is 1.76. The van der Waals surface area contributed by atoms with E-state index in [9.17, 15) is 8.42 Å². The van der Waals surface area contributed by atoms with Crippen LogP contribution in [0.3, 0.4) is 0 Å². The topological polar surface area (TPSA) is 59.9 Å². The third kappa shape index (κ3) is 3.49. The van der Waals surface area contributed by atoms with Gasteiger partial charge in [-0.1, -0.05) is 31.4 Å². The van der Waals surface area contributed by atoms with Crippen molar-refractivity contribution >= 4 is 21.6 Å². The molecule has 6 heteroatoms. The summed E-state index contributed by atoms with van der Waals surface area (Å²) in [5, 5.41) is 0. The lowest BCUT2D eigenvalue weighted by Crippen LogP contribution is -2.07. The van der Waals surface area contributed by atoms with Crippen molar-refractivity contribution in [3.05, 3.63) is 41.7 Å². The van der Waals surface area contributed by atoms with E-state index in [0.29, 0.717) is 16.5 Å². The lowest BCUT2D eigenvalue weighted by atomic mass is 9.84. The summed E-state index contributed by atoms with van der Waals surface area (Å²) in [4.78, 5) is 0.370. The Morgan fingerprint density at radius 2 is 1.81 bits per heavy atom. The summed E-state index contributed by atoms with van der Waals surface area (Å²) in [7, 11) is -3.33. The molecule has 0 radical (unpaired) electrons. The molecule has 112 valence electrons. The number of nitrogens with zero attached hydrogens (tertiary/aromatic N) is 2. The second kappa shape index (κ2) is 6.23. The van der Waals surface area contributed by atoms with Crippen molar-refractivity contribution in [2.75, 3.05) is 0 Å². The van der Waals surface area contributed by atoms with Crippen LogP contribution in [0.25, 0.3) is 0 Å². The summed E-state index contributed by atoms with van der Waals surface area (Å²) in [5.41, 5.74) is 1.78. The van der Waals surface area contributed by atoms with Gasteiger partial charge in [0.15, 0.2) is 9.84 Å². The van der Waals surface area contributed by atoms with Crippen molar-refractivity contribution in [3.8, 4) is 0 Å². The van der Waals surface area contributed by atoms with Crippen LogP contribution in [0.5, 0.6) is 0 Å². The monoisotopic (exact) mass is 322 g/mol. The van der Waals surface area contributed by atoms with Crippen LogP contribution < -0.4 is 0 Å². The normalized spacial score (nSPS) is 17.0. The predicted molar refractivity (Wildman–Crippen MR) is 83.1 cm³/mol. The number of aromatic nitrogens is 2. The molecule has 0 bridgehead atoms. The van der Waals surface area contributed by atoms with Crippen molar-refractivity contribution in [1.29, 1.82) is 0 Å². The Morgan fingerprint density at radius 3 is 2.43 bits per heavy atom. The van der Waals surface area contributed by atoms with E-state index in [2.05, 4.69) is 8.75 Å². The Morgan fingerprint density at radius 1 is 1.10 bits per heavy atom. The molecule has 1 aliphatic carbocycles. The maximum atomic E-state index is 12.3. The highest BCUT2D eigenvalue weighted by Gasteiger charge is 2.19. The first-order valence-corrected chi connectivity index (χ1v) is 9.62. The summed E-state index contributed by atoms with van der Waals surface area (Å²) in [6.07, 6.45) is 7.83. The molecule has 1 aliphatic rings. The van der Waals surface area contributed by atoms with Gasteiger partial charge >= 0.3 is 0 Å². The van der Waals surface area contributed by atoms with Crippen molar-refractivity contribution < 1.29 is 8.42 Å². The van der Waals surface area contributed by atoms with Crippen molar-refractivity contribution in [2.24, 2.45) is 0 Å². The molecule has 1 saturated carbocycles. The lowest BCUT2D eigenvalue weighted by Gasteiger charge is -2.22. The van der Waals surface area contributed by atoms with Gasteiger partial charge in [0, 0.05) is 0 Å². The molecule has 2 aromatic rings. The van der Waals surface area contributed by atoms with Crippen LogP contribution in [0.15, 0.2) is 35.4 Å². The SMILES string of the molecule is O=S(=O)(Cc1cnsn1)c1ccc(C2CCCCC2)cc1. The van der Waals surface area contributed by atoms with Gasteiger partial charge in [0.2, 0.25) is 0 Å². The third-order valence-corrected chi connectivity index (χ3v) is 6.24. The number of hydrogen-bond donors (Lipinski definition) is 0. The van der Waals surface area contributed by atoms with Gasteiger partial charge in [-0.25, -0.2) is 8.42 Å². The van der Waals surface area contributed by atoms with E-state index in [1.807, 2.05) is 12.1 Å². The molecule has 1 aromatic carbocycles. The molecule has 4 nitrogen and oxygen atoms in total. The van der Waals surface area contributed by atoms with Gasteiger partial charge in [0.1, 0.15) is 0 Å². The first-order valence-electron chi connectivity index (χ1n) is 7.24. The minimum atomic E-state index is -3.33. The minimum absolute atomic E-state index is 0.0771. The van der Waals surface area contributed by atoms with Gasteiger partial charge in [-0.2, -0.15) is 8.75 Å². The van der Waals surface area contributed by atoms with Gasteiger partial charge in [-0.05, 0) is 36.5 Å². The van der Waals surface area contributed by atoms with E-state index in [1.165, 1.54) is 43.9 Å². The second-order valence-electron chi connectivity index (χ2n) is 5.56. The Bertz CT molecular complexity index is 673. The van der Waals surface area contributed by atoms with Crippen LogP contribution in [0.1, 0.15) is 49.3 Å². The van der Waals surface area contributed by atoms with Gasteiger partial charge < -0.3 is 0 Å². The molecule has 0 unspecified atom stereocenters. The first-order chi connectivity index (χ1) is 10.1. The van der Waals surface area contributed by atoms with Gasteiger partial charge in [0.05, 0.1) is 34.3 Å². The molecule has 1 fully saturated rings. The maximum absolute atomic E-state index is 12.3. The van der Waals surface area contributed by atoms with Gasteiger partial charge in [-0.15, -0.1) is 0 Å². The standard InChI is InChI=1S/C15H18N2O2S2/c18-21(19,11-14-10-16-20-17-14)15-8-6-13(7-9-15)12-4-2-1-3-5-12/h6-10,12H,1-5,11H2. The maximum Gasteiger partial charge on any atom is 0.184 e. The smallest absolute Gasteiger partial charge is 0.184 e. The molecular weight excluding hydrogens is 304 g/mol. The van der Waals surface area contributed by atoms with Gasteiger partial charge in [-0.3, -0.25) is 0 Å². The summed E-state index contributed by atoms with van der Waals surface area (Å²) >= 11 is 1.03. The van der Waals surface area contributed by atoms with Crippen LogP contribution in [0.2, 0.25) is 0 Å². The van der Waals surface area contributed by atoms with Crippen molar-refractivity contribution in [1.82, 2.24) is 8.75 Å². The van der Waals surface area contributed by atoms with E-state index in [-0.39, 0.29) is 5.75 Å². The predicted octanol–water partition coefficient (Wildman–Crippen LogP) is 3.56. The van der Waals surface area contributed by atoms with Crippen LogP contribution in [-0.4, -0.2) is 17.2 Å².